The van der Waals surface area contributed by atoms with Gasteiger partial charge in [0, 0.05) is 18.7 Å². The molecule has 0 radical (unpaired) electrons. The van der Waals surface area contributed by atoms with Crippen molar-refractivity contribution < 1.29 is 19.5 Å². The lowest BCUT2D eigenvalue weighted by molar-refractivity contribution is -0.131. The Morgan fingerprint density at radius 2 is 1.82 bits per heavy atom. The zero-order valence-electron chi connectivity index (χ0n) is 9.44. The molecule has 3 amide bonds. The van der Waals surface area contributed by atoms with Crippen molar-refractivity contribution in [2.75, 3.05) is 6.54 Å². The number of carboxylic acid groups (broad SMARTS) is 1. The quantitative estimate of drug-likeness (QED) is 0.628. The van der Waals surface area contributed by atoms with Crippen LogP contribution in [0.15, 0.2) is 12.2 Å². The van der Waals surface area contributed by atoms with Crippen LogP contribution in [0.1, 0.15) is 25.7 Å². The number of urea groups is 1. The number of amides is 3. The minimum atomic E-state index is -1.23. The summed E-state index contributed by atoms with van der Waals surface area (Å²) in [6.45, 7) is 0.557. The molecule has 17 heavy (non-hydrogen) atoms. The average Bonchev–Trinajstić information content (AvgIpc) is 2.76. The molecule has 3 N–H and O–H groups in total. The molecule has 1 rings (SSSR count). The lowest BCUT2D eigenvalue weighted by Crippen LogP contribution is -2.40. The summed E-state index contributed by atoms with van der Waals surface area (Å²) in [7, 11) is 0. The highest BCUT2D eigenvalue weighted by Crippen LogP contribution is 2.23. The first kappa shape index (κ1) is 13.2. The van der Waals surface area contributed by atoms with Crippen LogP contribution in [-0.4, -0.2) is 29.6 Å². The third-order valence-corrected chi connectivity index (χ3v) is 2.64. The highest BCUT2D eigenvalue weighted by Gasteiger charge is 2.15. The first-order valence-electron chi connectivity index (χ1n) is 5.57. The van der Waals surface area contributed by atoms with Crippen LogP contribution in [0.5, 0.6) is 0 Å². The Morgan fingerprint density at radius 1 is 1.18 bits per heavy atom. The van der Waals surface area contributed by atoms with Crippen molar-refractivity contribution in [2.24, 2.45) is 5.92 Å². The summed E-state index contributed by atoms with van der Waals surface area (Å²) in [5.41, 5.74) is 0. The maximum atomic E-state index is 11.2. The maximum absolute atomic E-state index is 11.2. The van der Waals surface area contributed by atoms with Gasteiger partial charge in [-0.15, -0.1) is 0 Å². The third kappa shape index (κ3) is 5.70. The number of hydrogen-bond donors (Lipinski definition) is 3. The first-order valence-corrected chi connectivity index (χ1v) is 5.57. The fraction of sp³-hybridized carbons (Fsp3) is 0.545. The van der Waals surface area contributed by atoms with Crippen LogP contribution in [0.4, 0.5) is 4.79 Å². The van der Waals surface area contributed by atoms with Crippen molar-refractivity contribution in [3.8, 4) is 0 Å². The third-order valence-electron chi connectivity index (χ3n) is 2.64. The zero-order valence-corrected chi connectivity index (χ0v) is 9.44. The van der Waals surface area contributed by atoms with E-state index < -0.39 is 17.9 Å². The second-order valence-electron chi connectivity index (χ2n) is 4.02. The zero-order chi connectivity index (χ0) is 12.7. The largest absolute Gasteiger partial charge is 0.478 e. The minimum Gasteiger partial charge on any atom is -0.478 e. The number of carbonyl (C=O) groups excluding carboxylic acids is 2. The molecule has 94 valence electrons. The summed E-state index contributed by atoms with van der Waals surface area (Å²) in [4.78, 5) is 32.4. The molecule has 1 aliphatic carbocycles. The van der Waals surface area contributed by atoms with Crippen LogP contribution >= 0.6 is 0 Å². The number of carboxylic acids is 1. The van der Waals surface area contributed by atoms with Gasteiger partial charge in [-0.2, -0.15) is 0 Å². The summed E-state index contributed by atoms with van der Waals surface area (Å²) in [6, 6.07) is -0.586. The van der Waals surface area contributed by atoms with Gasteiger partial charge in [0.25, 0.3) is 5.91 Å². The maximum Gasteiger partial charge on any atom is 0.328 e. The van der Waals surface area contributed by atoms with E-state index in [1.807, 2.05) is 5.32 Å². The van der Waals surface area contributed by atoms with Gasteiger partial charge in [-0.1, -0.05) is 12.8 Å². The fourth-order valence-corrected chi connectivity index (χ4v) is 1.80. The first-order chi connectivity index (χ1) is 8.08. The number of nitrogens with one attached hydrogen (secondary N) is 2. The molecule has 0 bridgehead atoms. The van der Waals surface area contributed by atoms with Crippen molar-refractivity contribution in [2.45, 2.75) is 25.7 Å². The SMILES string of the molecule is O=C(O)/C=C/C(=O)NC(=O)NCC1CCCC1. The number of aliphatic carboxylic acids is 1. The molecule has 1 aliphatic rings. The summed E-state index contributed by atoms with van der Waals surface area (Å²) in [6.07, 6.45) is 6.07. The molecule has 0 aliphatic heterocycles. The Balaban J connectivity index is 2.19. The monoisotopic (exact) mass is 240 g/mol. The van der Waals surface area contributed by atoms with Crippen molar-refractivity contribution in [3.05, 3.63) is 12.2 Å². The molecular formula is C11H16N2O4. The van der Waals surface area contributed by atoms with E-state index in [0.29, 0.717) is 18.5 Å². The average molecular weight is 240 g/mol. The second-order valence-corrected chi connectivity index (χ2v) is 4.02. The topological polar surface area (TPSA) is 95.5 Å². The van der Waals surface area contributed by atoms with Gasteiger partial charge in [0.15, 0.2) is 0 Å². The molecule has 0 aromatic carbocycles. The lowest BCUT2D eigenvalue weighted by Gasteiger charge is -2.10. The molecule has 0 heterocycles. The summed E-state index contributed by atoms with van der Waals surface area (Å²) < 4.78 is 0. The van der Waals surface area contributed by atoms with Crippen LogP contribution in [0.25, 0.3) is 0 Å². The molecular weight excluding hydrogens is 224 g/mol. The molecule has 0 unspecified atom stereocenters. The van der Waals surface area contributed by atoms with E-state index >= 15 is 0 Å². The number of imide groups is 1. The predicted molar refractivity (Wildman–Crippen MR) is 60.3 cm³/mol. The molecule has 1 saturated carbocycles. The van der Waals surface area contributed by atoms with Crippen LogP contribution in [0.2, 0.25) is 0 Å². The van der Waals surface area contributed by atoms with E-state index in [2.05, 4.69) is 5.32 Å². The van der Waals surface area contributed by atoms with Crippen molar-refractivity contribution in [1.82, 2.24) is 10.6 Å². The van der Waals surface area contributed by atoms with Gasteiger partial charge in [-0.25, -0.2) is 9.59 Å². The lowest BCUT2D eigenvalue weighted by atomic mass is 10.1. The second kappa shape index (κ2) is 6.67. The van der Waals surface area contributed by atoms with Gasteiger partial charge in [-0.05, 0) is 18.8 Å². The fourth-order valence-electron chi connectivity index (χ4n) is 1.80. The van der Waals surface area contributed by atoms with Crippen molar-refractivity contribution in [3.63, 3.8) is 0 Å². The van der Waals surface area contributed by atoms with Crippen LogP contribution < -0.4 is 10.6 Å². The van der Waals surface area contributed by atoms with Gasteiger partial charge in [0.05, 0.1) is 0 Å². The molecule has 0 atom stereocenters. The molecule has 0 aromatic heterocycles. The van der Waals surface area contributed by atoms with E-state index in [4.69, 9.17) is 5.11 Å². The van der Waals surface area contributed by atoms with E-state index in [-0.39, 0.29) is 0 Å². The van der Waals surface area contributed by atoms with Gasteiger partial charge in [0.2, 0.25) is 0 Å². The van der Waals surface area contributed by atoms with Crippen molar-refractivity contribution >= 4 is 17.9 Å². The van der Waals surface area contributed by atoms with Gasteiger partial charge < -0.3 is 10.4 Å². The normalized spacial score (nSPS) is 16.0. The highest BCUT2D eigenvalue weighted by molar-refractivity contribution is 6.02. The van der Waals surface area contributed by atoms with Gasteiger partial charge in [-0.3, -0.25) is 10.1 Å². The van der Waals surface area contributed by atoms with Crippen LogP contribution in [-0.2, 0) is 9.59 Å². The Bertz CT molecular complexity index is 332. The Kier molecular flexibility index (Phi) is 5.19. The number of rotatable bonds is 4. The molecule has 0 spiro atoms. The smallest absolute Gasteiger partial charge is 0.328 e. The van der Waals surface area contributed by atoms with E-state index in [1.54, 1.807) is 0 Å². The van der Waals surface area contributed by atoms with E-state index in [9.17, 15) is 14.4 Å². The Hall–Kier alpha value is -1.85. The molecule has 0 saturated heterocycles. The molecule has 0 aromatic rings. The molecule has 1 fully saturated rings. The van der Waals surface area contributed by atoms with Gasteiger partial charge >= 0.3 is 12.0 Å². The van der Waals surface area contributed by atoms with Crippen molar-refractivity contribution in [1.29, 1.82) is 0 Å². The Morgan fingerprint density at radius 3 is 2.41 bits per heavy atom. The van der Waals surface area contributed by atoms with Crippen LogP contribution in [0.3, 0.4) is 0 Å². The number of carbonyl (C=O) groups is 3. The minimum absolute atomic E-state index is 0.491. The summed E-state index contributed by atoms with van der Waals surface area (Å²) in [5, 5.41) is 12.9. The van der Waals surface area contributed by atoms with E-state index in [0.717, 1.165) is 18.9 Å². The standard InChI is InChI=1S/C11H16N2O4/c14-9(5-6-10(15)16)13-11(17)12-7-8-3-1-2-4-8/h5-6,8H,1-4,7H2,(H,15,16)(H2,12,13,14,17)/b6-5+. The number of hydrogen-bond acceptors (Lipinski definition) is 3. The van der Waals surface area contributed by atoms with Crippen LogP contribution in [0, 0.1) is 5.92 Å². The summed E-state index contributed by atoms with van der Waals surface area (Å²) in [5.74, 6) is -1.48. The Labute approximate surface area is 99.1 Å². The van der Waals surface area contributed by atoms with E-state index in [1.165, 1.54) is 12.8 Å². The molecule has 6 nitrogen and oxygen atoms in total. The summed E-state index contributed by atoms with van der Waals surface area (Å²) >= 11 is 0. The van der Waals surface area contributed by atoms with Gasteiger partial charge in [0.1, 0.15) is 0 Å². The highest BCUT2D eigenvalue weighted by atomic mass is 16.4. The predicted octanol–water partition coefficient (Wildman–Crippen LogP) is 0.643. The molecule has 6 heteroatoms.